The molecule has 3 aliphatic rings. The molecule has 0 bridgehead atoms. The summed E-state index contributed by atoms with van der Waals surface area (Å²) < 4.78 is 5.49. The first-order valence-corrected chi connectivity index (χ1v) is 9.31. The number of hydrogen-bond donors (Lipinski definition) is 3. The number of rotatable bonds is 5. The molecule has 4 N–H and O–H groups in total. The van der Waals surface area contributed by atoms with Gasteiger partial charge in [0.25, 0.3) is 5.91 Å². The number of ether oxygens (including phenoxy) is 1. The summed E-state index contributed by atoms with van der Waals surface area (Å²) in [5, 5.41) is 5.84. The third kappa shape index (κ3) is 3.24. The molecule has 3 aliphatic heterocycles. The summed E-state index contributed by atoms with van der Waals surface area (Å²) in [5.41, 5.74) is 8.30. The molecule has 3 amide bonds. The van der Waals surface area contributed by atoms with Crippen LogP contribution in [0.5, 0.6) is 0 Å². The van der Waals surface area contributed by atoms with E-state index in [1.54, 1.807) is 11.0 Å². The molecule has 1 aromatic rings. The number of carbonyl (C=O) groups is 3. The van der Waals surface area contributed by atoms with E-state index in [1.807, 2.05) is 12.1 Å². The van der Waals surface area contributed by atoms with Crippen molar-refractivity contribution in [2.24, 2.45) is 5.73 Å². The first-order valence-electron chi connectivity index (χ1n) is 9.31. The van der Waals surface area contributed by atoms with Gasteiger partial charge in [-0.05, 0) is 30.0 Å². The molecule has 4 rings (SSSR count). The maximum Gasteiger partial charge on any atom is 0.255 e. The quantitative estimate of drug-likeness (QED) is 0.609. The van der Waals surface area contributed by atoms with Crippen molar-refractivity contribution in [1.82, 2.24) is 15.5 Å². The maximum absolute atomic E-state index is 12.9. The molecule has 2 fully saturated rings. The van der Waals surface area contributed by atoms with Gasteiger partial charge in [-0.3, -0.25) is 19.7 Å². The Kier molecular flexibility index (Phi) is 4.71. The van der Waals surface area contributed by atoms with Crippen molar-refractivity contribution in [3.05, 3.63) is 34.9 Å². The minimum atomic E-state index is -0.595. The fraction of sp³-hybridized carbons (Fsp3) is 0.526. The lowest BCUT2D eigenvalue weighted by Crippen LogP contribution is -2.52. The molecule has 144 valence electrons. The van der Waals surface area contributed by atoms with Gasteiger partial charge < -0.3 is 20.7 Å². The van der Waals surface area contributed by atoms with Crippen LogP contribution in [0.3, 0.4) is 0 Å². The summed E-state index contributed by atoms with van der Waals surface area (Å²) in [6, 6.07) is 5.06. The van der Waals surface area contributed by atoms with Gasteiger partial charge in [0.15, 0.2) is 0 Å². The predicted octanol–water partition coefficient (Wildman–Crippen LogP) is -0.345. The van der Waals surface area contributed by atoms with Crippen LogP contribution in [0.25, 0.3) is 0 Å². The second-order valence-electron chi connectivity index (χ2n) is 7.48. The Bertz CT molecular complexity index is 788. The third-order valence-corrected chi connectivity index (χ3v) is 5.83. The van der Waals surface area contributed by atoms with Crippen LogP contribution in [0.4, 0.5) is 0 Å². The van der Waals surface area contributed by atoms with Crippen LogP contribution in [0.1, 0.15) is 40.7 Å². The number of piperidine rings is 1. The Balaban J connectivity index is 1.52. The van der Waals surface area contributed by atoms with Crippen LogP contribution in [-0.2, 0) is 27.4 Å². The molecular formula is C19H24N4O4. The minimum Gasteiger partial charge on any atom is -0.379 e. The fourth-order valence-corrected chi connectivity index (χ4v) is 4.08. The summed E-state index contributed by atoms with van der Waals surface area (Å²) in [6.45, 7) is 2.73. The molecule has 2 unspecified atom stereocenters. The zero-order valence-corrected chi connectivity index (χ0v) is 15.1. The van der Waals surface area contributed by atoms with Crippen LogP contribution >= 0.6 is 0 Å². The van der Waals surface area contributed by atoms with Crippen molar-refractivity contribution < 1.29 is 19.1 Å². The number of fused-ring (bicyclic) bond motifs is 1. The zero-order valence-electron chi connectivity index (χ0n) is 15.1. The molecule has 0 aromatic heterocycles. The van der Waals surface area contributed by atoms with E-state index >= 15 is 0 Å². The molecule has 3 heterocycles. The monoisotopic (exact) mass is 372 g/mol. The average Bonchev–Trinajstić information content (AvgIpc) is 3.26. The summed E-state index contributed by atoms with van der Waals surface area (Å²) in [7, 11) is 0. The lowest BCUT2D eigenvalue weighted by molar-refractivity contribution is -0.136. The second kappa shape index (κ2) is 7.03. The number of carbonyl (C=O) groups excluding carboxylic acids is 3. The number of hydrogen-bond acceptors (Lipinski definition) is 6. The van der Waals surface area contributed by atoms with Crippen LogP contribution in [-0.4, -0.2) is 54.0 Å². The van der Waals surface area contributed by atoms with E-state index in [4.69, 9.17) is 10.5 Å². The first kappa shape index (κ1) is 18.1. The van der Waals surface area contributed by atoms with Crippen LogP contribution < -0.4 is 16.4 Å². The normalized spacial score (nSPS) is 27.8. The van der Waals surface area contributed by atoms with E-state index < -0.39 is 11.9 Å². The van der Waals surface area contributed by atoms with Crippen LogP contribution in [0.15, 0.2) is 18.2 Å². The van der Waals surface area contributed by atoms with E-state index in [2.05, 4.69) is 10.6 Å². The van der Waals surface area contributed by atoms with E-state index in [-0.39, 0.29) is 23.8 Å². The van der Waals surface area contributed by atoms with Crippen molar-refractivity contribution >= 4 is 17.7 Å². The molecular weight excluding hydrogens is 348 g/mol. The lowest BCUT2D eigenvalue weighted by atomic mass is 9.97. The van der Waals surface area contributed by atoms with Gasteiger partial charge in [0, 0.05) is 38.2 Å². The van der Waals surface area contributed by atoms with E-state index in [0.29, 0.717) is 44.8 Å². The number of amides is 3. The molecule has 27 heavy (non-hydrogen) atoms. The third-order valence-electron chi connectivity index (χ3n) is 5.83. The molecule has 2 saturated heterocycles. The van der Waals surface area contributed by atoms with E-state index in [0.717, 1.165) is 17.5 Å². The van der Waals surface area contributed by atoms with E-state index in [9.17, 15) is 14.4 Å². The predicted molar refractivity (Wildman–Crippen MR) is 96.5 cm³/mol. The minimum absolute atomic E-state index is 0.154. The number of benzene rings is 1. The smallest absolute Gasteiger partial charge is 0.255 e. The van der Waals surface area contributed by atoms with Crippen LogP contribution in [0, 0.1) is 0 Å². The largest absolute Gasteiger partial charge is 0.379 e. The van der Waals surface area contributed by atoms with Crippen molar-refractivity contribution in [2.45, 2.75) is 43.9 Å². The SMILES string of the molecule is NCC1(NCc2cccc3c2CN(C2CCC(=O)NC2=O)C3=O)CCOC1. The number of imide groups is 1. The van der Waals surface area contributed by atoms with Gasteiger partial charge in [0.2, 0.25) is 11.8 Å². The van der Waals surface area contributed by atoms with E-state index in [1.165, 1.54) is 0 Å². The molecule has 8 nitrogen and oxygen atoms in total. The van der Waals surface area contributed by atoms with Crippen molar-refractivity contribution in [2.75, 3.05) is 19.8 Å². The Morgan fingerprint density at radius 1 is 1.33 bits per heavy atom. The highest BCUT2D eigenvalue weighted by Crippen LogP contribution is 2.30. The maximum atomic E-state index is 12.9. The lowest BCUT2D eigenvalue weighted by Gasteiger charge is -2.29. The Morgan fingerprint density at radius 3 is 2.89 bits per heavy atom. The van der Waals surface area contributed by atoms with Gasteiger partial charge >= 0.3 is 0 Å². The molecule has 2 atom stereocenters. The Morgan fingerprint density at radius 2 is 2.19 bits per heavy atom. The van der Waals surface area contributed by atoms with Crippen molar-refractivity contribution in [3.8, 4) is 0 Å². The highest BCUT2D eigenvalue weighted by atomic mass is 16.5. The topological polar surface area (TPSA) is 114 Å². The highest BCUT2D eigenvalue weighted by Gasteiger charge is 2.40. The Hall–Kier alpha value is -2.29. The number of nitrogens with zero attached hydrogens (tertiary/aromatic N) is 1. The first-order chi connectivity index (χ1) is 13.0. The second-order valence-corrected chi connectivity index (χ2v) is 7.48. The summed E-state index contributed by atoms with van der Waals surface area (Å²) in [5.74, 6) is -0.826. The number of nitrogens with one attached hydrogen (secondary N) is 2. The summed E-state index contributed by atoms with van der Waals surface area (Å²) >= 11 is 0. The van der Waals surface area contributed by atoms with Gasteiger partial charge in [0.1, 0.15) is 6.04 Å². The molecule has 0 radical (unpaired) electrons. The van der Waals surface area contributed by atoms with Crippen LogP contribution in [0.2, 0.25) is 0 Å². The van der Waals surface area contributed by atoms with Gasteiger partial charge in [-0.1, -0.05) is 12.1 Å². The summed E-state index contributed by atoms with van der Waals surface area (Å²) in [4.78, 5) is 38.0. The van der Waals surface area contributed by atoms with Gasteiger partial charge in [-0.25, -0.2) is 0 Å². The number of nitrogens with two attached hydrogens (primary N) is 1. The average molecular weight is 372 g/mol. The highest BCUT2D eigenvalue weighted by molar-refractivity contribution is 6.05. The fourth-order valence-electron chi connectivity index (χ4n) is 4.08. The van der Waals surface area contributed by atoms with Gasteiger partial charge in [-0.15, -0.1) is 0 Å². The molecule has 1 aromatic carbocycles. The van der Waals surface area contributed by atoms with Gasteiger partial charge in [0.05, 0.1) is 12.1 Å². The van der Waals surface area contributed by atoms with Crippen molar-refractivity contribution in [1.29, 1.82) is 0 Å². The summed E-state index contributed by atoms with van der Waals surface area (Å²) in [6.07, 6.45) is 1.48. The standard InChI is InChI=1S/C19H24N4O4/c20-10-19(6-7-27-11-19)21-8-12-2-1-3-13-14(12)9-23(18(13)26)15-4-5-16(24)22-17(15)25/h1-3,15,21H,4-11,20H2,(H,22,24,25). The van der Waals surface area contributed by atoms with Crippen molar-refractivity contribution in [3.63, 3.8) is 0 Å². The molecule has 0 aliphatic carbocycles. The molecule has 8 heteroatoms. The van der Waals surface area contributed by atoms with Gasteiger partial charge in [-0.2, -0.15) is 0 Å². The Labute approximate surface area is 157 Å². The molecule has 0 spiro atoms. The molecule has 0 saturated carbocycles. The zero-order chi connectivity index (χ0) is 19.0.